The molecule has 0 aromatic heterocycles. The topological polar surface area (TPSA) is 41.1 Å². The van der Waals surface area contributed by atoms with E-state index >= 15 is 0 Å². The van der Waals surface area contributed by atoms with Crippen LogP contribution >= 0.6 is 0 Å². The lowest BCUT2D eigenvalue weighted by Gasteiger charge is -2.09. The van der Waals surface area contributed by atoms with Gasteiger partial charge < -0.3 is 10.6 Å². The molecule has 3 nitrogen and oxygen atoms in total. The van der Waals surface area contributed by atoms with Crippen molar-refractivity contribution in [1.29, 1.82) is 0 Å². The molecule has 0 saturated heterocycles. The van der Waals surface area contributed by atoms with E-state index < -0.39 is 0 Å². The van der Waals surface area contributed by atoms with E-state index in [4.69, 9.17) is 0 Å². The Balaban J connectivity index is 1.13. The number of rotatable bonds is 10. The molecule has 4 aromatic carbocycles. The van der Waals surface area contributed by atoms with Gasteiger partial charge in [-0.3, -0.25) is 4.79 Å². The Morgan fingerprint density at radius 2 is 1.38 bits per heavy atom. The van der Waals surface area contributed by atoms with Gasteiger partial charge in [-0.15, -0.1) is 0 Å². The van der Waals surface area contributed by atoms with Gasteiger partial charge in [0.1, 0.15) is 0 Å². The zero-order chi connectivity index (χ0) is 23.2. The van der Waals surface area contributed by atoms with Crippen molar-refractivity contribution in [1.82, 2.24) is 5.32 Å². The van der Waals surface area contributed by atoms with Gasteiger partial charge >= 0.3 is 0 Å². The van der Waals surface area contributed by atoms with Crippen molar-refractivity contribution in [2.24, 2.45) is 0 Å². The minimum absolute atomic E-state index is 0.143. The minimum atomic E-state index is 0.143. The van der Waals surface area contributed by atoms with E-state index in [9.17, 15) is 4.79 Å². The van der Waals surface area contributed by atoms with Gasteiger partial charge in [-0.25, -0.2) is 0 Å². The molecule has 0 spiro atoms. The van der Waals surface area contributed by atoms with Crippen molar-refractivity contribution in [3.8, 4) is 0 Å². The average Bonchev–Trinajstić information content (AvgIpc) is 3.68. The maximum absolute atomic E-state index is 12.9. The average molecular weight is 447 g/mol. The molecular weight excluding hydrogens is 416 g/mol. The molecule has 0 radical (unpaired) electrons. The van der Waals surface area contributed by atoms with Crippen LogP contribution in [0.2, 0.25) is 0 Å². The standard InChI is InChI=1S/C31H30N2O/c34-31(27-12-7-13-28(19-27)32-21-24-8-3-1-4-9-24)18-23-14-16-26(17-15-23)29-20-30(29)33-22-25-10-5-2-6-11-25/h1-17,19,29-30,32-33H,18,20-22H2. The normalized spacial score (nSPS) is 16.7. The minimum Gasteiger partial charge on any atom is -0.381 e. The first-order chi connectivity index (χ1) is 16.7. The van der Waals surface area contributed by atoms with E-state index in [0.717, 1.165) is 29.9 Å². The number of carbonyl (C=O) groups excluding carboxylic acids is 1. The van der Waals surface area contributed by atoms with Crippen molar-refractivity contribution in [2.75, 3.05) is 5.32 Å². The quantitative estimate of drug-likeness (QED) is 0.278. The zero-order valence-electron chi connectivity index (χ0n) is 19.3. The number of nitrogens with one attached hydrogen (secondary N) is 2. The number of ketones is 1. The fourth-order valence-corrected chi connectivity index (χ4v) is 4.41. The summed E-state index contributed by atoms with van der Waals surface area (Å²) in [5.74, 6) is 0.714. The molecule has 2 atom stereocenters. The monoisotopic (exact) mass is 446 g/mol. The number of benzene rings is 4. The van der Waals surface area contributed by atoms with Crippen LogP contribution in [0, 0.1) is 0 Å². The summed E-state index contributed by atoms with van der Waals surface area (Å²) in [7, 11) is 0. The SMILES string of the molecule is O=C(Cc1ccc(C2CC2NCc2ccccc2)cc1)c1cccc(NCc2ccccc2)c1. The second kappa shape index (κ2) is 10.5. The van der Waals surface area contributed by atoms with Crippen LogP contribution < -0.4 is 10.6 Å². The van der Waals surface area contributed by atoms with E-state index in [1.165, 1.54) is 23.1 Å². The number of hydrogen-bond donors (Lipinski definition) is 2. The maximum atomic E-state index is 12.9. The molecule has 0 amide bonds. The zero-order valence-corrected chi connectivity index (χ0v) is 19.3. The molecule has 5 rings (SSSR count). The molecule has 1 aliphatic carbocycles. The van der Waals surface area contributed by atoms with E-state index in [0.29, 0.717) is 18.4 Å². The van der Waals surface area contributed by atoms with Crippen LogP contribution in [0.15, 0.2) is 109 Å². The van der Waals surface area contributed by atoms with Crippen LogP contribution in [0.4, 0.5) is 5.69 Å². The van der Waals surface area contributed by atoms with Gasteiger partial charge in [0.25, 0.3) is 0 Å². The maximum Gasteiger partial charge on any atom is 0.167 e. The molecular formula is C31H30N2O. The Hall–Kier alpha value is -3.69. The van der Waals surface area contributed by atoms with E-state index in [-0.39, 0.29) is 5.78 Å². The third kappa shape index (κ3) is 5.81. The molecule has 1 fully saturated rings. The summed E-state index contributed by atoms with van der Waals surface area (Å²) in [6.07, 6.45) is 1.59. The summed E-state index contributed by atoms with van der Waals surface area (Å²) in [6.45, 7) is 1.65. The molecule has 4 aromatic rings. The second-order valence-electron chi connectivity index (χ2n) is 9.08. The first-order valence-electron chi connectivity index (χ1n) is 12.0. The van der Waals surface area contributed by atoms with Gasteiger partial charge in [-0.1, -0.05) is 97.1 Å². The van der Waals surface area contributed by atoms with E-state index in [2.05, 4.69) is 77.4 Å². The number of anilines is 1. The number of carbonyl (C=O) groups is 1. The smallest absolute Gasteiger partial charge is 0.167 e. The molecule has 170 valence electrons. The van der Waals surface area contributed by atoms with Crippen LogP contribution in [0.25, 0.3) is 0 Å². The van der Waals surface area contributed by atoms with Gasteiger partial charge in [0.2, 0.25) is 0 Å². The fraction of sp³-hybridized carbons (Fsp3) is 0.194. The van der Waals surface area contributed by atoms with Crippen LogP contribution in [-0.4, -0.2) is 11.8 Å². The third-order valence-electron chi connectivity index (χ3n) is 6.50. The summed E-state index contributed by atoms with van der Waals surface area (Å²) in [6, 6.07) is 37.7. The molecule has 0 heterocycles. The van der Waals surface area contributed by atoms with Gasteiger partial charge in [0.05, 0.1) is 0 Å². The van der Waals surface area contributed by atoms with Gasteiger partial charge in [-0.2, -0.15) is 0 Å². The first-order valence-corrected chi connectivity index (χ1v) is 12.0. The molecule has 3 heteroatoms. The van der Waals surface area contributed by atoms with E-state index in [1.54, 1.807) is 0 Å². The second-order valence-corrected chi connectivity index (χ2v) is 9.08. The summed E-state index contributed by atoms with van der Waals surface area (Å²) in [4.78, 5) is 12.9. The summed E-state index contributed by atoms with van der Waals surface area (Å²) < 4.78 is 0. The molecule has 34 heavy (non-hydrogen) atoms. The highest BCUT2D eigenvalue weighted by molar-refractivity contribution is 5.98. The lowest BCUT2D eigenvalue weighted by molar-refractivity contribution is 0.0993. The molecule has 0 aliphatic heterocycles. The van der Waals surface area contributed by atoms with Crippen molar-refractivity contribution in [3.05, 3.63) is 137 Å². The van der Waals surface area contributed by atoms with Crippen molar-refractivity contribution in [3.63, 3.8) is 0 Å². The largest absolute Gasteiger partial charge is 0.381 e. The van der Waals surface area contributed by atoms with Crippen molar-refractivity contribution in [2.45, 2.75) is 37.9 Å². The first kappa shape index (κ1) is 22.1. The number of hydrogen-bond acceptors (Lipinski definition) is 3. The highest BCUT2D eigenvalue weighted by atomic mass is 16.1. The predicted octanol–water partition coefficient (Wildman–Crippen LogP) is 6.37. The Kier molecular flexibility index (Phi) is 6.83. The molecule has 0 bridgehead atoms. The Morgan fingerprint density at radius 1 is 0.706 bits per heavy atom. The van der Waals surface area contributed by atoms with E-state index in [1.807, 2.05) is 42.5 Å². The molecule has 2 unspecified atom stereocenters. The fourth-order valence-electron chi connectivity index (χ4n) is 4.41. The highest BCUT2D eigenvalue weighted by Gasteiger charge is 2.37. The van der Waals surface area contributed by atoms with Crippen molar-refractivity contribution >= 4 is 11.5 Å². The lowest BCUT2D eigenvalue weighted by atomic mass is 10.0. The molecule has 2 N–H and O–H groups in total. The van der Waals surface area contributed by atoms with Gasteiger partial charge in [0, 0.05) is 42.7 Å². The molecule has 1 aliphatic rings. The van der Waals surface area contributed by atoms with Crippen LogP contribution in [-0.2, 0) is 19.5 Å². The Morgan fingerprint density at radius 3 is 2.09 bits per heavy atom. The highest BCUT2D eigenvalue weighted by Crippen LogP contribution is 2.41. The van der Waals surface area contributed by atoms with Crippen molar-refractivity contribution < 1.29 is 4.79 Å². The summed E-state index contributed by atoms with van der Waals surface area (Å²) in [5, 5.41) is 7.07. The lowest BCUT2D eigenvalue weighted by Crippen LogP contribution is -2.17. The number of Topliss-reactive ketones (excluding diaryl/α,β-unsaturated/α-hetero) is 1. The third-order valence-corrected chi connectivity index (χ3v) is 6.50. The van der Waals surface area contributed by atoms with Gasteiger partial charge in [-0.05, 0) is 40.8 Å². The predicted molar refractivity (Wildman–Crippen MR) is 139 cm³/mol. The Bertz CT molecular complexity index is 1220. The summed E-state index contributed by atoms with van der Waals surface area (Å²) in [5.41, 5.74) is 6.66. The van der Waals surface area contributed by atoms with Crippen LogP contribution in [0.3, 0.4) is 0 Å². The Labute approximate surface area is 201 Å². The van der Waals surface area contributed by atoms with Gasteiger partial charge in [0.15, 0.2) is 5.78 Å². The van der Waals surface area contributed by atoms with Crippen LogP contribution in [0.1, 0.15) is 45.0 Å². The molecule has 1 saturated carbocycles. The van der Waals surface area contributed by atoms with Crippen LogP contribution in [0.5, 0.6) is 0 Å². The summed E-state index contributed by atoms with van der Waals surface area (Å²) >= 11 is 0.